The van der Waals surface area contributed by atoms with Crippen LogP contribution in [0.15, 0.2) is 22.8 Å². The SMILES string of the molecule is C/C=C/COc1cc(Br)nc(C2CC2)n1. The van der Waals surface area contributed by atoms with Crippen molar-refractivity contribution in [2.24, 2.45) is 0 Å². The standard InChI is InChI=1S/C11H13BrN2O/c1-2-3-6-15-10-7-9(12)13-11(14-10)8-4-5-8/h2-3,7-8H,4-6H2,1H3/b3-2+. The van der Waals surface area contributed by atoms with Crippen LogP contribution in [0.5, 0.6) is 5.88 Å². The topological polar surface area (TPSA) is 35.0 Å². The Balaban J connectivity index is 2.08. The van der Waals surface area contributed by atoms with Gasteiger partial charge < -0.3 is 4.74 Å². The predicted molar refractivity (Wildman–Crippen MR) is 62.0 cm³/mol. The summed E-state index contributed by atoms with van der Waals surface area (Å²) < 4.78 is 6.28. The number of nitrogens with zero attached hydrogens (tertiary/aromatic N) is 2. The van der Waals surface area contributed by atoms with E-state index in [4.69, 9.17) is 4.74 Å². The second-order valence-corrected chi connectivity index (χ2v) is 4.35. The van der Waals surface area contributed by atoms with E-state index >= 15 is 0 Å². The smallest absolute Gasteiger partial charge is 0.218 e. The first-order valence-electron chi connectivity index (χ1n) is 5.08. The van der Waals surface area contributed by atoms with E-state index < -0.39 is 0 Å². The summed E-state index contributed by atoms with van der Waals surface area (Å²) in [6.07, 6.45) is 6.31. The fourth-order valence-electron chi connectivity index (χ4n) is 1.24. The van der Waals surface area contributed by atoms with Gasteiger partial charge in [0, 0.05) is 12.0 Å². The molecule has 2 rings (SSSR count). The van der Waals surface area contributed by atoms with Crippen LogP contribution in [0.1, 0.15) is 31.5 Å². The van der Waals surface area contributed by atoms with Crippen LogP contribution >= 0.6 is 15.9 Å². The summed E-state index contributed by atoms with van der Waals surface area (Å²) in [5, 5.41) is 0. The zero-order valence-corrected chi connectivity index (χ0v) is 10.2. The highest BCUT2D eigenvalue weighted by atomic mass is 79.9. The second-order valence-electron chi connectivity index (χ2n) is 3.54. The van der Waals surface area contributed by atoms with Gasteiger partial charge >= 0.3 is 0 Å². The molecule has 80 valence electrons. The summed E-state index contributed by atoms with van der Waals surface area (Å²) in [7, 11) is 0. The van der Waals surface area contributed by atoms with E-state index in [-0.39, 0.29) is 0 Å². The molecule has 1 fully saturated rings. The Hall–Kier alpha value is -0.900. The monoisotopic (exact) mass is 268 g/mol. The molecule has 3 nitrogen and oxygen atoms in total. The number of allylic oxidation sites excluding steroid dienone is 1. The van der Waals surface area contributed by atoms with Crippen molar-refractivity contribution in [2.75, 3.05) is 6.61 Å². The number of rotatable bonds is 4. The van der Waals surface area contributed by atoms with Crippen LogP contribution in [0.2, 0.25) is 0 Å². The van der Waals surface area contributed by atoms with Crippen molar-refractivity contribution in [1.82, 2.24) is 9.97 Å². The Morgan fingerprint density at radius 2 is 2.33 bits per heavy atom. The van der Waals surface area contributed by atoms with Crippen molar-refractivity contribution in [3.63, 3.8) is 0 Å². The van der Waals surface area contributed by atoms with Crippen molar-refractivity contribution in [3.8, 4) is 5.88 Å². The van der Waals surface area contributed by atoms with Gasteiger partial charge in [0.1, 0.15) is 17.0 Å². The maximum absolute atomic E-state index is 5.48. The Labute approximate surface area is 97.7 Å². The van der Waals surface area contributed by atoms with Crippen molar-refractivity contribution in [3.05, 3.63) is 28.6 Å². The van der Waals surface area contributed by atoms with E-state index in [9.17, 15) is 0 Å². The highest BCUT2D eigenvalue weighted by molar-refractivity contribution is 9.10. The molecule has 0 saturated heterocycles. The fourth-order valence-corrected chi connectivity index (χ4v) is 1.62. The van der Waals surface area contributed by atoms with E-state index in [1.165, 1.54) is 12.8 Å². The first-order valence-corrected chi connectivity index (χ1v) is 5.87. The normalized spacial score (nSPS) is 15.9. The molecule has 0 spiro atoms. The van der Waals surface area contributed by atoms with Crippen LogP contribution in [-0.2, 0) is 0 Å². The van der Waals surface area contributed by atoms with Gasteiger partial charge in [-0.05, 0) is 35.7 Å². The molecule has 0 atom stereocenters. The summed E-state index contributed by atoms with van der Waals surface area (Å²) in [6, 6.07) is 1.80. The lowest BCUT2D eigenvalue weighted by Crippen LogP contribution is -2.00. The van der Waals surface area contributed by atoms with Crippen molar-refractivity contribution < 1.29 is 4.74 Å². The number of hydrogen-bond donors (Lipinski definition) is 0. The first-order chi connectivity index (χ1) is 7.29. The number of aromatic nitrogens is 2. The molecule has 4 heteroatoms. The van der Waals surface area contributed by atoms with Gasteiger partial charge in [0.2, 0.25) is 5.88 Å². The molecule has 0 bridgehead atoms. The van der Waals surface area contributed by atoms with E-state index in [1.54, 1.807) is 6.07 Å². The average Bonchev–Trinajstić information content (AvgIpc) is 3.00. The molecule has 0 aromatic carbocycles. The first kappa shape index (κ1) is 10.6. The van der Waals surface area contributed by atoms with E-state index in [0.29, 0.717) is 18.4 Å². The third-order valence-electron chi connectivity index (χ3n) is 2.19. The third-order valence-corrected chi connectivity index (χ3v) is 2.60. The number of ether oxygens (including phenoxy) is 1. The molecule has 1 aromatic rings. The maximum atomic E-state index is 5.48. The lowest BCUT2D eigenvalue weighted by Gasteiger charge is -2.04. The lowest BCUT2D eigenvalue weighted by atomic mass is 10.4. The molecule has 0 amide bonds. The number of hydrogen-bond acceptors (Lipinski definition) is 3. The Bertz CT molecular complexity index is 375. The van der Waals surface area contributed by atoms with Crippen LogP contribution in [0.25, 0.3) is 0 Å². The Morgan fingerprint density at radius 3 is 3.00 bits per heavy atom. The third kappa shape index (κ3) is 3.02. The van der Waals surface area contributed by atoms with Crippen LogP contribution in [0.4, 0.5) is 0 Å². The largest absolute Gasteiger partial charge is 0.473 e. The summed E-state index contributed by atoms with van der Waals surface area (Å²) in [6.45, 7) is 2.53. The van der Waals surface area contributed by atoms with Gasteiger partial charge in [-0.25, -0.2) is 4.98 Å². The Morgan fingerprint density at radius 1 is 1.53 bits per heavy atom. The van der Waals surface area contributed by atoms with Gasteiger partial charge in [-0.3, -0.25) is 0 Å². The Kier molecular flexibility index (Phi) is 3.36. The van der Waals surface area contributed by atoms with E-state index in [2.05, 4.69) is 25.9 Å². The zero-order valence-electron chi connectivity index (χ0n) is 8.61. The molecule has 1 aliphatic carbocycles. The molecule has 0 radical (unpaired) electrons. The van der Waals surface area contributed by atoms with Gasteiger partial charge in [-0.2, -0.15) is 4.98 Å². The van der Waals surface area contributed by atoms with Gasteiger partial charge in [0.15, 0.2) is 0 Å². The van der Waals surface area contributed by atoms with E-state index in [0.717, 1.165) is 10.4 Å². The highest BCUT2D eigenvalue weighted by Gasteiger charge is 2.27. The van der Waals surface area contributed by atoms with Gasteiger partial charge in [-0.15, -0.1) is 0 Å². The molecule has 1 aliphatic rings. The molecule has 1 heterocycles. The van der Waals surface area contributed by atoms with Crippen LogP contribution in [0, 0.1) is 0 Å². The fraction of sp³-hybridized carbons (Fsp3) is 0.455. The van der Waals surface area contributed by atoms with Crippen molar-refractivity contribution in [2.45, 2.75) is 25.7 Å². The van der Waals surface area contributed by atoms with Crippen molar-refractivity contribution >= 4 is 15.9 Å². The van der Waals surface area contributed by atoms with Gasteiger partial charge in [0.05, 0.1) is 0 Å². The molecule has 0 N–H and O–H groups in total. The molecule has 15 heavy (non-hydrogen) atoms. The molecular formula is C11H13BrN2O. The molecule has 1 saturated carbocycles. The van der Waals surface area contributed by atoms with E-state index in [1.807, 2.05) is 19.1 Å². The maximum Gasteiger partial charge on any atom is 0.218 e. The summed E-state index contributed by atoms with van der Waals surface area (Å²) in [5.74, 6) is 2.10. The average molecular weight is 269 g/mol. The number of halogens is 1. The molecule has 0 aliphatic heterocycles. The molecule has 1 aromatic heterocycles. The van der Waals surface area contributed by atoms with Gasteiger partial charge in [0.25, 0.3) is 0 Å². The minimum absolute atomic E-state index is 0.548. The highest BCUT2D eigenvalue weighted by Crippen LogP contribution is 2.38. The minimum Gasteiger partial charge on any atom is -0.473 e. The predicted octanol–water partition coefficient (Wildman–Crippen LogP) is 3.07. The van der Waals surface area contributed by atoms with Crippen LogP contribution in [-0.4, -0.2) is 16.6 Å². The quantitative estimate of drug-likeness (QED) is 0.622. The van der Waals surface area contributed by atoms with Crippen LogP contribution < -0.4 is 4.74 Å². The molecule has 0 unspecified atom stereocenters. The summed E-state index contributed by atoms with van der Waals surface area (Å²) in [4.78, 5) is 8.70. The van der Waals surface area contributed by atoms with Crippen LogP contribution in [0.3, 0.4) is 0 Å². The molecular weight excluding hydrogens is 256 g/mol. The minimum atomic E-state index is 0.548. The second kappa shape index (κ2) is 4.75. The van der Waals surface area contributed by atoms with Gasteiger partial charge in [-0.1, -0.05) is 12.2 Å². The summed E-state index contributed by atoms with van der Waals surface area (Å²) in [5.41, 5.74) is 0. The zero-order chi connectivity index (χ0) is 10.7. The van der Waals surface area contributed by atoms with Crippen molar-refractivity contribution in [1.29, 1.82) is 0 Å². The summed E-state index contributed by atoms with van der Waals surface area (Å²) >= 11 is 3.37. The lowest BCUT2D eigenvalue weighted by molar-refractivity contribution is 0.345.